The highest BCUT2D eigenvalue weighted by Gasteiger charge is 2.20. The van der Waals surface area contributed by atoms with E-state index in [0.717, 1.165) is 55.4 Å². The zero-order valence-corrected chi connectivity index (χ0v) is 14.0. The van der Waals surface area contributed by atoms with Gasteiger partial charge in [0.2, 0.25) is 5.95 Å². The van der Waals surface area contributed by atoms with Crippen LogP contribution in [0.1, 0.15) is 30.0 Å². The summed E-state index contributed by atoms with van der Waals surface area (Å²) in [5, 5.41) is 6.61. The smallest absolute Gasteiger partial charge is 0.222 e. The molecule has 7 nitrogen and oxygen atoms in total. The van der Waals surface area contributed by atoms with Gasteiger partial charge in [0.05, 0.1) is 12.3 Å². The topological polar surface area (TPSA) is 98.0 Å². The van der Waals surface area contributed by atoms with Crippen molar-refractivity contribution in [3.05, 3.63) is 35.7 Å². The number of nitrogens with zero attached hydrogens (tertiary/aromatic N) is 3. The second-order valence-electron chi connectivity index (χ2n) is 6.02. The highest BCUT2D eigenvalue weighted by atomic mass is 16.5. The van der Waals surface area contributed by atoms with E-state index >= 15 is 0 Å². The first-order valence-corrected chi connectivity index (χ1v) is 8.33. The van der Waals surface area contributed by atoms with Crippen LogP contribution in [0, 0.1) is 6.92 Å². The van der Waals surface area contributed by atoms with Crippen LogP contribution in [0.3, 0.4) is 0 Å². The van der Waals surface area contributed by atoms with Crippen molar-refractivity contribution in [2.75, 3.05) is 42.7 Å². The van der Waals surface area contributed by atoms with Gasteiger partial charge in [0.15, 0.2) is 0 Å². The first kappa shape index (κ1) is 16.4. The van der Waals surface area contributed by atoms with Gasteiger partial charge < -0.3 is 21.1 Å². The molecule has 2 aromatic heterocycles. The van der Waals surface area contributed by atoms with Gasteiger partial charge >= 0.3 is 0 Å². The summed E-state index contributed by atoms with van der Waals surface area (Å²) in [5.74, 6) is 2.31. The fraction of sp³-hybridized carbons (Fsp3) is 0.471. The number of pyridine rings is 1. The molecule has 1 atom stereocenters. The molecule has 128 valence electrons. The maximum atomic E-state index is 5.82. The van der Waals surface area contributed by atoms with Gasteiger partial charge in [-0.05, 0) is 31.4 Å². The van der Waals surface area contributed by atoms with Gasteiger partial charge in [0.1, 0.15) is 11.6 Å². The maximum absolute atomic E-state index is 5.82. The summed E-state index contributed by atoms with van der Waals surface area (Å²) >= 11 is 0. The van der Waals surface area contributed by atoms with Gasteiger partial charge in [0.25, 0.3) is 0 Å². The first-order chi connectivity index (χ1) is 11.7. The largest absolute Gasteiger partial charge is 0.381 e. The fourth-order valence-electron chi connectivity index (χ4n) is 2.65. The maximum Gasteiger partial charge on any atom is 0.222 e. The van der Waals surface area contributed by atoms with Gasteiger partial charge in [-0.15, -0.1) is 0 Å². The molecule has 0 bridgehead atoms. The summed E-state index contributed by atoms with van der Waals surface area (Å²) in [6.07, 6.45) is 3.79. The molecule has 24 heavy (non-hydrogen) atoms. The average molecular weight is 328 g/mol. The monoisotopic (exact) mass is 328 g/mol. The van der Waals surface area contributed by atoms with Gasteiger partial charge in [0, 0.05) is 37.9 Å². The van der Waals surface area contributed by atoms with Gasteiger partial charge in [-0.1, -0.05) is 6.07 Å². The molecular weight excluding hydrogens is 304 g/mol. The number of aromatic nitrogens is 3. The molecule has 0 aliphatic carbocycles. The van der Waals surface area contributed by atoms with Crippen molar-refractivity contribution in [1.82, 2.24) is 15.0 Å². The minimum absolute atomic E-state index is 0.309. The van der Waals surface area contributed by atoms with Crippen LogP contribution in [-0.2, 0) is 4.74 Å². The summed E-state index contributed by atoms with van der Waals surface area (Å²) < 4.78 is 5.42. The van der Waals surface area contributed by atoms with Crippen molar-refractivity contribution in [3.8, 4) is 0 Å². The van der Waals surface area contributed by atoms with Crippen LogP contribution in [0.2, 0.25) is 0 Å². The average Bonchev–Trinajstić information content (AvgIpc) is 3.10. The number of hydrogen-bond acceptors (Lipinski definition) is 7. The quantitative estimate of drug-likeness (QED) is 0.670. The molecular formula is C17H24N6O. The molecule has 1 saturated heterocycles. The van der Waals surface area contributed by atoms with Crippen molar-refractivity contribution in [3.63, 3.8) is 0 Å². The summed E-state index contributed by atoms with van der Waals surface area (Å²) in [6, 6.07) is 6.01. The number of hydrogen-bond donors (Lipinski definition) is 3. The molecule has 2 aromatic rings. The van der Waals surface area contributed by atoms with Gasteiger partial charge in [-0.2, -0.15) is 4.98 Å². The molecule has 1 aliphatic heterocycles. The molecule has 0 aromatic carbocycles. The molecule has 0 amide bonds. The van der Waals surface area contributed by atoms with Gasteiger partial charge in [-0.25, -0.2) is 9.97 Å². The number of rotatable bonds is 7. The third-order valence-electron chi connectivity index (χ3n) is 3.99. The van der Waals surface area contributed by atoms with E-state index in [-0.39, 0.29) is 0 Å². The van der Waals surface area contributed by atoms with Crippen LogP contribution in [0.5, 0.6) is 0 Å². The normalized spacial score (nSPS) is 17.0. The lowest BCUT2D eigenvalue weighted by Crippen LogP contribution is -2.12. The van der Waals surface area contributed by atoms with Crippen LogP contribution < -0.4 is 16.4 Å². The van der Waals surface area contributed by atoms with E-state index in [9.17, 15) is 0 Å². The van der Waals surface area contributed by atoms with Crippen LogP contribution in [0.15, 0.2) is 24.4 Å². The van der Waals surface area contributed by atoms with E-state index in [1.807, 2.05) is 31.3 Å². The molecule has 1 fully saturated rings. The molecule has 1 aliphatic rings. The highest BCUT2D eigenvalue weighted by molar-refractivity contribution is 5.41. The molecule has 4 N–H and O–H groups in total. The van der Waals surface area contributed by atoms with E-state index in [4.69, 9.17) is 10.5 Å². The Kier molecular flexibility index (Phi) is 5.43. The molecule has 0 radical (unpaired) electrons. The lowest BCUT2D eigenvalue weighted by atomic mass is 10.0. The van der Waals surface area contributed by atoms with Crippen molar-refractivity contribution in [2.45, 2.75) is 25.7 Å². The number of aryl methyl sites for hydroxylation is 1. The summed E-state index contributed by atoms with van der Waals surface area (Å²) in [5.41, 5.74) is 7.94. The summed E-state index contributed by atoms with van der Waals surface area (Å²) in [7, 11) is 0. The lowest BCUT2D eigenvalue weighted by Gasteiger charge is -2.11. The minimum atomic E-state index is 0.309. The molecule has 0 unspecified atom stereocenters. The third kappa shape index (κ3) is 4.55. The van der Waals surface area contributed by atoms with Crippen LogP contribution in [0.4, 0.5) is 17.6 Å². The Morgan fingerprint density at radius 1 is 1.21 bits per heavy atom. The van der Waals surface area contributed by atoms with Crippen molar-refractivity contribution >= 4 is 17.6 Å². The summed E-state index contributed by atoms with van der Waals surface area (Å²) in [6.45, 7) is 5.17. The number of anilines is 3. The van der Waals surface area contributed by atoms with Crippen LogP contribution in [0.25, 0.3) is 0 Å². The fourth-order valence-corrected chi connectivity index (χ4v) is 2.65. The van der Waals surface area contributed by atoms with E-state index < -0.39 is 0 Å². The standard InChI is InChI=1S/C17H24N6O/c1-12-3-4-15(21-10-12)19-6-2-7-20-16-9-14(22-17(18)23-16)13-5-8-24-11-13/h3-4,9-10,13H,2,5-8,11H2,1H3,(H,19,21)(H3,18,20,22,23)/t13-/m1/s1. The molecule has 3 heterocycles. The Labute approximate surface area is 142 Å². The molecule has 0 spiro atoms. The highest BCUT2D eigenvalue weighted by Crippen LogP contribution is 2.25. The third-order valence-corrected chi connectivity index (χ3v) is 3.99. The van der Waals surface area contributed by atoms with Gasteiger partial charge in [-0.3, -0.25) is 0 Å². The predicted molar refractivity (Wildman–Crippen MR) is 95.2 cm³/mol. The SMILES string of the molecule is Cc1ccc(NCCCNc2cc([C@@H]3CCOC3)nc(N)n2)nc1. The first-order valence-electron chi connectivity index (χ1n) is 8.33. The van der Waals surface area contributed by atoms with Crippen molar-refractivity contribution in [1.29, 1.82) is 0 Å². The van der Waals surface area contributed by atoms with E-state index in [0.29, 0.717) is 18.5 Å². The Hall–Kier alpha value is -2.41. The second-order valence-corrected chi connectivity index (χ2v) is 6.02. The minimum Gasteiger partial charge on any atom is -0.381 e. The number of nitrogen functional groups attached to an aromatic ring is 1. The van der Waals surface area contributed by atoms with Crippen molar-refractivity contribution < 1.29 is 4.74 Å². The molecule has 3 rings (SSSR count). The van der Waals surface area contributed by atoms with E-state index in [2.05, 4.69) is 25.6 Å². The van der Waals surface area contributed by atoms with E-state index in [1.165, 1.54) is 0 Å². The van der Waals surface area contributed by atoms with Crippen LogP contribution in [-0.4, -0.2) is 41.3 Å². The lowest BCUT2D eigenvalue weighted by molar-refractivity contribution is 0.193. The Balaban J connectivity index is 1.45. The Morgan fingerprint density at radius 3 is 2.75 bits per heavy atom. The number of nitrogens with one attached hydrogen (secondary N) is 2. The number of nitrogens with two attached hydrogens (primary N) is 1. The number of ether oxygens (including phenoxy) is 1. The zero-order chi connectivity index (χ0) is 16.8. The Morgan fingerprint density at radius 2 is 2.04 bits per heavy atom. The van der Waals surface area contributed by atoms with Crippen molar-refractivity contribution in [2.24, 2.45) is 0 Å². The van der Waals surface area contributed by atoms with E-state index in [1.54, 1.807) is 0 Å². The molecule has 7 heteroatoms. The van der Waals surface area contributed by atoms with Crippen LogP contribution >= 0.6 is 0 Å². The molecule has 0 saturated carbocycles. The predicted octanol–water partition coefficient (Wildman–Crippen LogP) is 2.18. The zero-order valence-electron chi connectivity index (χ0n) is 14.0. The second kappa shape index (κ2) is 7.92. The summed E-state index contributed by atoms with van der Waals surface area (Å²) in [4.78, 5) is 12.9. The Bertz CT molecular complexity index is 655.